The number of hydrogen-bond acceptors (Lipinski definition) is 3. The van der Waals surface area contributed by atoms with Crippen molar-refractivity contribution in [1.82, 2.24) is 0 Å². The fraction of sp³-hybridized carbons (Fsp3) is 0.286. The van der Waals surface area contributed by atoms with Crippen LogP contribution in [0.1, 0.15) is 15.2 Å². The highest BCUT2D eigenvalue weighted by Gasteiger charge is 2.00. The van der Waals surface area contributed by atoms with Crippen molar-refractivity contribution in [3.8, 4) is 0 Å². The second-order valence-electron chi connectivity index (χ2n) is 1.85. The van der Waals surface area contributed by atoms with E-state index in [1.807, 2.05) is 5.38 Å². The molecule has 54 valence electrons. The van der Waals surface area contributed by atoms with Crippen molar-refractivity contribution in [2.45, 2.75) is 6.61 Å². The molecule has 0 spiro atoms. The molecule has 0 N–H and O–H groups in total. The Morgan fingerprint density at radius 3 is 3.20 bits per heavy atom. The monoisotopic (exact) mass is 156 g/mol. The third-order valence-electron chi connectivity index (χ3n) is 1.18. The Morgan fingerprint density at radius 2 is 2.60 bits per heavy atom. The highest BCUT2D eigenvalue weighted by atomic mass is 32.1. The van der Waals surface area contributed by atoms with Gasteiger partial charge in [0.1, 0.15) is 0 Å². The first-order valence-corrected chi connectivity index (χ1v) is 3.77. The first-order chi connectivity index (χ1) is 4.88. The first-order valence-electron chi connectivity index (χ1n) is 2.89. The molecule has 1 heterocycles. The van der Waals surface area contributed by atoms with Crippen LogP contribution in [0.4, 0.5) is 0 Å². The number of thiophene rings is 1. The summed E-state index contributed by atoms with van der Waals surface area (Å²) in [5.41, 5.74) is 0.742. The van der Waals surface area contributed by atoms with Crippen LogP contribution < -0.4 is 0 Å². The van der Waals surface area contributed by atoms with Crippen LogP contribution in [0.3, 0.4) is 0 Å². The van der Waals surface area contributed by atoms with E-state index in [4.69, 9.17) is 4.74 Å². The predicted molar refractivity (Wildman–Crippen MR) is 40.4 cm³/mol. The largest absolute Gasteiger partial charge is 0.379 e. The second kappa shape index (κ2) is 3.49. The van der Waals surface area contributed by atoms with Crippen molar-refractivity contribution < 1.29 is 9.53 Å². The molecule has 0 aliphatic heterocycles. The number of carbonyl (C=O) groups excluding carboxylic acids is 1. The van der Waals surface area contributed by atoms with E-state index in [1.165, 1.54) is 0 Å². The van der Waals surface area contributed by atoms with Gasteiger partial charge in [0.2, 0.25) is 0 Å². The van der Waals surface area contributed by atoms with E-state index in [-0.39, 0.29) is 0 Å². The molecule has 0 saturated carbocycles. The van der Waals surface area contributed by atoms with E-state index in [0.29, 0.717) is 6.61 Å². The van der Waals surface area contributed by atoms with Crippen LogP contribution in [0, 0.1) is 0 Å². The zero-order chi connectivity index (χ0) is 7.40. The smallest absolute Gasteiger partial charge is 0.151 e. The van der Waals surface area contributed by atoms with Gasteiger partial charge in [-0.3, -0.25) is 4.79 Å². The third-order valence-corrected chi connectivity index (χ3v) is 2.09. The normalized spacial score (nSPS) is 9.70. The average Bonchev–Trinajstić information content (AvgIpc) is 2.36. The Morgan fingerprint density at radius 1 is 1.80 bits per heavy atom. The van der Waals surface area contributed by atoms with E-state index in [1.54, 1.807) is 24.5 Å². The van der Waals surface area contributed by atoms with Gasteiger partial charge in [0.05, 0.1) is 6.61 Å². The lowest BCUT2D eigenvalue weighted by molar-refractivity contribution is 0.111. The topological polar surface area (TPSA) is 26.3 Å². The Bertz CT molecular complexity index is 217. The fourth-order valence-corrected chi connectivity index (χ4v) is 1.52. The molecular weight excluding hydrogens is 148 g/mol. The molecule has 0 aromatic carbocycles. The molecule has 0 saturated heterocycles. The molecule has 0 aliphatic carbocycles. The molecule has 10 heavy (non-hydrogen) atoms. The summed E-state index contributed by atoms with van der Waals surface area (Å²) in [6.07, 6.45) is 0.852. The Kier molecular flexibility index (Phi) is 2.59. The van der Waals surface area contributed by atoms with Crippen LogP contribution in [-0.4, -0.2) is 13.4 Å². The summed E-state index contributed by atoms with van der Waals surface area (Å²) in [4.78, 5) is 11.3. The minimum Gasteiger partial charge on any atom is -0.379 e. The molecule has 0 aliphatic rings. The lowest BCUT2D eigenvalue weighted by atomic mass is 10.3. The molecule has 0 amide bonds. The molecule has 0 fully saturated rings. The Labute approximate surface area is 63.4 Å². The van der Waals surface area contributed by atoms with Crippen molar-refractivity contribution in [3.63, 3.8) is 0 Å². The standard InChI is InChI=1S/C7H8O2S/c1-9-5-7-6(4-8)2-3-10-7/h2-4H,5H2,1H3. The number of methoxy groups -OCH3 is 1. The zero-order valence-corrected chi connectivity index (χ0v) is 6.48. The van der Waals surface area contributed by atoms with Crippen LogP contribution in [0.15, 0.2) is 11.4 Å². The van der Waals surface area contributed by atoms with Crippen LogP contribution in [0.5, 0.6) is 0 Å². The van der Waals surface area contributed by atoms with Gasteiger partial charge in [-0.05, 0) is 11.4 Å². The molecule has 3 heteroatoms. The van der Waals surface area contributed by atoms with Crippen LogP contribution in [0.2, 0.25) is 0 Å². The second-order valence-corrected chi connectivity index (χ2v) is 2.85. The van der Waals surface area contributed by atoms with Crippen molar-refractivity contribution >= 4 is 17.6 Å². The average molecular weight is 156 g/mol. The SMILES string of the molecule is COCc1sccc1C=O. The van der Waals surface area contributed by atoms with Gasteiger partial charge in [0.15, 0.2) is 6.29 Å². The third kappa shape index (κ3) is 1.43. The van der Waals surface area contributed by atoms with Gasteiger partial charge in [0, 0.05) is 17.6 Å². The van der Waals surface area contributed by atoms with E-state index in [0.717, 1.165) is 16.7 Å². The quantitative estimate of drug-likeness (QED) is 0.623. The van der Waals surface area contributed by atoms with Crippen molar-refractivity contribution in [2.24, 2.45) is 0 Å². The summed E-state index contributed by atoms with van der Waals surface area (Å²) in [5, 5.41) is 1.89. The maximum atomic E-state index is 10.3. The summed E-state index contributed by atoms with van der Waals surface area (Å²) < 4.78 is 4.88. The Balaban J connectivity index is 2.79. The molecule has 0 radical (unpaired) electrons. The predicted octanol–water partition coefficient (Wildman–Crippen LogP) is 1.71. The summed E-state index contributed by atoms with van der Waals surface area (Å²) >= 11 is 1.54. The number of aldehydes is 1. The van der Waals surface area contributed by atoms with Gasteiger partial charge in [-0.15, -0.1) is 11.3 Å². The molecular formula is C7H8O2S. The van der Waals surface area contributed by atoms with E-state index in [9.17, 15) is 4.79 Å². The molecule has 0 unspecified atom stereocenters. The van der Waals surface area contributed by atoms with Crippen LogP contribution in [0.25, 0.3) is 0 Å². The first kappa shape index (κ1) is 7.44. The minimum absolute atomic E-state index is 0.533. The van der Waals surface area contributed by atoms with Crippen LogP contribution in [-0.2, 0) is 11.3 Å². The molecule has 1 rings (SSSR count). The summed E-state index contributed by atoms with van der Waals surface area (Å²) in [7, 11) is 1.62. The molecule has 1 aromatic heterocycles. The number of hydrogen-bond donors (Lipinski definition) is 0. The highest BCUT2D eigenvalue weighted by Crippen LogP contribution is 2.15. The van der Waals surface area contributed by atoms with E-state index < -0.39 is 0 Å². The highest BCUT2D eigenvalue weighted by molar-refractivity contribution is 7.10. The zero-order valence-electron chi connectivity index (χ0n) is 5.66. The number of carbonyl (C=O) groups is 1. The van der Waals surface area contributed by atoms with Crippen molar-refractivity contribution in [2.75, 3.05) is 7.11 Å². The molecule has 0 bridgehead atoms. The molecule has 1 aromatic rings. The number of ether oxygens (including phenoxy) is 1. The van der Waals surface area contributed by atoms with E-state index >= 15 is 0 Å². The maximum Gasteiger partial charge on any atom is 0.151 e. The lowest BCUT2D eigenvalue weighted by Crippen LogP contribution is -1.87. The van der Waals surface area contributed by atoms with E-state index in [2.05, 4.69) is 0 Å². The fourth-order valence-electron chi connectivity index (χ4n) is 0.704. The summed E-state index contributed by atoms with van der Waals surface area (Å²) in [6, 6.07) is 1.80. The van der Waals surface area contributed by atoms with Crippen molar-refractivity contribution in [1.29, 1.82) is 0 Å². The minimum atomic E-state index is 0.533. The van der Waals surface area contributed by atoms with Gasteiger partial charge in [-0.1, -0.05) is 0 Å². The maximum absolute atomic E-state index is 10.3. The van der Waals surface area contributed by atoms with Crippen molar-refractivity contribution in [3.05, 3.63) is 21.9 Å². The lowest BCUT2D eigenvalue weighted by Gasteiger charge is -1.93. The Hall–Kier alpha value is -0.670. The van der Waals surface area contributed by atoms with Gasteiger partial charge >= 0.3 is 0 Å². The van der Waals surface area contributed by atoms with Gasteiger partial charge in [-0.25, -0.2) is 0 Å². The summed E-state index contributed by atoms with van der Waals surface area (Å²) in [5.74, 6) is 0. The molecule has 2 nitrogen and oxygen atoms in total. The van der Waals surface area contributed by atoms with Gasteiger partial charge < -0.3 is 4.74 Å². The van der Waals surface area contributed by atoms with Gasteiger partial charge in [0.25, 0.3) is 0 Å². The van der Waals surface area contributed by atoms with Gasteiger partial charge in [-0.2, -0.15) is 0 Å². The summed E-state index contributed by atoms with van der Waals surface area (Å²) in [6.45, 7) is 0.533. The molecule has 0 atom stereocenters. The number of rotatable bonds is 3. The van der Waals surface area contributed by atoms with Crippen LogP contribution >= 0.6 is 11.3 Å².